The van der Waals surface area contributed by atoms with Crippen molar-refractivity contribution in [2.75, 3.05) is 13.2 Å². The zero-order chi connectivity index (χ0) is 12.9. The Morgan fingerprint density at radius 1 is 1.47 bits per heavy atom. The molecule has 0 bridgehead atoms. The van der Waals surface area contributed by atoms with Gasteiger partial charge in [0.2, 0.25) is 0 Å². The smallest absolute Gasteiger partial charge is 0.0797 e. The van der Waals surface area contributed by atoms with Crippen LogP contribution in [-0.4, -0.2) is 29.3 Å². The van der Waals surface area contributed by atoms with Crippen LogP contribution in [0.15, 0.2) is 5.51 Å². The number of aliphatic hydroxyl groups is 1. The fourth-order valence-electron chi connectivity index (χ4n) is 1.90. The Morgan fingerprint density at radius 2 is 2.18 bits per heavy atom. The number of aryl methyl sites for hydroxylation is 1. The van der Waals surface area contributed by atoms with Crippen molar-refractivity contribution in [3.8, 4) is 0 Å². The van der Waals surface area contributed by atoms with Crippen LogP contribution in [-0.2, 0) is 6.42 Å². The zero-order valence-electron chi connectivity index (χ0n) is 11.3. The number of aromatic nitrogens is 1. The zero-order valence-corrected chi connectivity index (χ0v) is 12.1. The molecule has 0 aromatic carbocycles. The molecule has 0 aliphatic rings. The molecule has 0 aliphatic heterocycles. The summed E-state index contributed by atoms with van der Waals surface area (Å²) in [5.74, 6) is 0. The molecule has 17 heavy (non-hydrogen) atoms. The summed E-state index contributed by atoms with van der Waals surface area (Å²) in [6.45, 7) is 9.87. The second-order valence-electron chi connectivity index (χ2n) is 5.50. The molecule has 3 nitrogen and oxygen atoms in total. The van der Waals surface area contributed by atoms with Crippen molar-refractivity contribution in [3.05, 3.63) is 16.1 Å². The summed E-state index contributed by atoms with van der Waals surface area (Å²) in [4.78, 5) is 5.61. The van der Waals surface area contributed by atoms with Gasteiger partial charge in [-0.2, -0.15) is 0 Å². The molecular weight excluding hydrogens is 232 g/mol. The van der Waals surface area contributed by atoms with Crippen LogP contribution in [0.4, 0.5) is 0 Å². The van der Waals surface area contributed by atoms with E-state index < -0.39 is 0 Å². The van der Waals surface area contributed by atoms with Crippen molar-refractivity contribution in [1.82, 2.24) is 10.3 Å². The highest BCUT2D eigenvalue weighted by Crippen LogP contribution is 2.21. The SMILES string of the molecule is Cc1ncsc1CCNC(CCO)C(C)(C)C. The maximum absolute atomic E-state index is 9.08. The van der Waals surface area contributed by atoms with E-state index in [1.807, 2.05) is 5.51 Å². The summed E-state index contributed by atoms with van der Waals surface area (Å²) in [5.41, 5.74) is 3.23. The summed E-state index contributed by atoms with van der Waals surface area (Å²) >= 11 is 1.72. The molecule has 4 heteroatoms. The van der Waals surface area contributed by atoms with Gasteiger partial charge in [0, 0.05) is 24.1 Å². The normalized spacial score (nSPS) is 13.9. The predicted octanol–water partition coefficient (Wildman–Crippen LogP) is 2.38. The van der Waals surface area contributed by atoms with Crippen LogP contribution in [0, 0.1) is 12.3 Å². The first-order valence-electron chi connectivity index (χ1n) is 6.18. The topological polar surface area (TPSA) is 45.2 Å². The number of nitrogens with one attached hydrogen (secondary N) is 1. The molecule has 2 N–H and O–H groups in total. The van der Waals surface area contributed by atoms with Crippen LogP contribution in [0.5, 0.6) is 0 Å². The van der Waals surface area contributed by atoms with Crippen LogP contribution in [0.1, 0.15) is 37.8 Å². The third-order valence-corrected chi connectivity index (χ3v) is 4.05. The number of nitrogens with zero attached hydrogens (tertiary/aromatic N) is 1. The van der Waals surface area contributed by atoms with E-state index in [1.165, 1.54) is 4.88 Å². The molecule has 0 amide bonds. The largest absolute Gasteiger partial charge is 0.396 e. The van der Waals surface area contributed by atoms with E-state index in [4.69, 9.17) is 5.11 Å². The predicted molar refractivity (Wildman–Crippen MR) is 73.5 cm³/mol. The quantitative estimate of drug-likeness (QED) is 0.821. The highest BCUT2D eigenvalue weighted by atomic mass is 32.1. The van der Waals surface area contributed by atoms with Crippen molar-refractivity contribution in [2.45, 2.75) is 46.6 Å². The summed E-state index contributed by atoms with van der Waals surface area (Å²) in [6.07, 6.45) is 1.83. The average molecular weight is 256 g/mol. The van der Waals surface area contributed by atoms with Gasteiger partial charge in [-0.15, -0.1) is 11.3 Å². The van der Waals surface area contributed by atoms with E-state index in [0.717, 1.165) is 25.1 Å². The first kappa shape index (κ1) is 14.6. The van der Waals surface area contributed by atoms with Gasteiger partial charge in [0.05, 0.1) is 11.2 Å². The van der Waals surface area contributed by atoms with Crippen LogP contribution >= 0.6 is 11.3 Å². The Hall–Kier alpha value is -0.450. The van der Waals surface area contributed by atoms with Crippen LogP contribution in [0.25, 0.3) is 0 Å². The Bertz CT molecular complexity index is 330. The molecule has 0 aliphatic carbocycles. The van der Waals surface area contributed by atoms with Gasteiger partial charge in [0.15, 0.2) is 0 Å². The minimum Gasteiger partial charge on any atom is -0.396 e. The minimum absolute atomic E-state index is 0.186. The maximum atomic E-state index is 9.08. The molecule has 0 saturated heterocycles. The number of thiazole rings is 1. The minimum atomic E-state index is 0.186. The van der Waals surface area contributed by atoms with Gasteiger partial charge in [-0.1, -0.05) is 20.8 Å². The molecule has 1 aromatic heterocycles. The number of aliphatic hydroxyl groups excluding tert-OH is 1. The third kappa shape index (κ3) is 4.74. The van der Waals surface area contributed by atoms with Crippen molar-refractivity contribution in [3.63, 3.8) is 0 Å². The van der Waals surface area contributed by atoms with Gasteiger partial charge >= 0.3 is 0 Å². The summed E-state index contributed by atoms with van der Waals surface area (Å²) in [7, 11) is 0. The fraction of sp³-hybridized carbons (Fsp3) is 0.769. The lowest BCUT2D eigenvalue weighted by Gasteiger charge is -2.31. The lowest BCUT2D eigenvalue weighted by Crippen LogP contribution is -2.41. The van der Waals surface area contributed by atoms with Gasteiger partial charge in [0.1, 0.15) is 0 Å². The Balaban J connectivity index is 2.40. The van der Waals surface area contributed by atoms with Crippen molar-refractivity contribution >= 4 is 11.3 Å². The van der Waals surface area contributed by atoms with E-state index in [-0.39, 0.29) is 12.0 Å². The van der Waals surface area contributed by atoms with Crippen molar-refractivity contribution in [2.24, 2.45) is 5.41 Å². The van der Waals surface area contributed by atoms with E-state index >= 15 is 0 Å². The van der Waals surface area contributed by atoms with Crippen molar-refractivity contribution in [1.29, 1.82) is 0 Å². The van der Waals surface area contributed by atoms with E-state index in [9.17, 15) is 0 Å². The molecule has 1 rings (SSSR count). The summed E-state index contributed by atoms with van der Waals surface area (Å²) in [6, 6.07) is 0.362. The molecule has 0 saturated carbocycles. The van der Waals surface area contributed by atoms with Gasteiger partial charge in [-0.3, -0.25) is 0 Å². The van der Waals surface area contributed by atoms with Gasteiger partial charge in [-0.25, -0.2) is 4.98 Å². The summed E-state index contributed by atoms with van der Waals surface area (Å²) < 4.78 is 0. The lowest BCUT2D eigenvalue weighted by atomic mass is 9.85. The third-order valence-electron chi connectivity index (χ3n) is 3.05. The molecule has 1 atom stereocenters. The first-order valence-corrected chi connectivity index (χ1v) is 7.06. The maximum Gasteiger partial charge on any atom is 0.0797 e. The van der Waals surface area contributed by atoms with E-state index in [1.54, 1.807) is 11.3 Å². The van der Waals surface area contributed by atoms with Crippen LogP contribution in [0.2, 0.25) is 0 Å². The number of hydrogen-bond acceptors (Lipinski definition) is 4. The van der Waals surface area contributed by atoms with E-state index in [2.05, 4.69) is 38.0 Å². The monoisotopic (exact) mass is 256 g/mol. The molecule has 0 radical (unpaired) electrons. The Morgan fingerprint density at radius 3 is 2.65 bits per heavy atom. The second-order valence-corrected chi connectivity index (χ2v) is 6.44. The van der Waals surface area contributed by atoms with E-state index in [0.29, 0.717) is 6.04 Å². The molecule has 0 spiro atoms. The summed E-state index contributed by atoms with van der Waals surface area (Å²) in [5, 5.41) is 12.6. The van der Waals surface area contributed by atoms with Crippen LogP contribution < -0.4 is 5.32 Å². The highest BCUT2D eigenvalue weighted by molar-refractivity contribution is 7.09. The molecule has 1 heterocycles. The average Bonchev–Trinajstić information content (AvgIpc) is 2.62. The highest BCUT2D eigenvalue weighted by Gasteiger charge is 2.23. The van der Waals surface area contributed by atoms with Crippen molar-refractivity contribution < 1.29 is 5.11 Å². The Kier molecular flexibility index (Phi) is 5.56. The lowest BCUT2D eigenvalue weighted by molar-refractivity contribution is 0.198. The molecule has 1 unspecified atom stereocenters. The molecular formula is C13H24N2OS. The second kappa shape index (κ2) is 6.47. The molecule has 0 fully saturated rings. The molecule has 1 aromatic rings. The van der Waals surface area contributed by atoms with Crippen LogP contribution in [0.3, 0.4) is 0 Å². The van der Waals surface area contributed by atoms with Gasteiger partial charge in [-0.05, 0) is 25.2 Å². The number of hydrogen-bond donors (Lipinski definition) is 2. The standard InChI is InChI=1S/C13H24N2OS/c1-10-11(17-9-15-10)5-7-14-12(6-8-16)13(2,3)4/h9,12,14,16H,5-8H2,1-4H3. The number of rotatable bonds is 6. The Labute approximate surface area is 108 Å². The van der Waals surface area contributed by atoms with Gasteiger partial charge < -0.3 is 10.4 Å². The first-order chi connectivity index (χ1) is 7.95. The fourth-order valence-corrected chi connectivity index (χ4v) is 2.68. The molecule has 98 valence electrons. The van der Waals surface area contributed by atoms with Gasteiger partial charge in [0.25, 0.3) is 0 Å².